The Morgan fingerprint density at radius 2 is 2.33 bits per heavy atom. The first kappa shape index (κ1) is 11.8. The number of halogens is 1. The van der Waals surface area contributed by atoms with Gasteiger partial charge in [0.25, 0.3) is 0 Å². The molecule has 0 saturated heterocycles. The van der Waals surface area contributed by atoms with Gasteiger partial charge in [0.1, 0.15) is 0 Å². The summed E-state index contributed by atoms with van der Waals surface area (Å²) in [5.41, 5.74) is 1.76. The first-order chi connectivity index (χ1) is 6.79. The predicted octanol–water partition coefficient (Wildman–Crippen LogP) is 1.78. The normalized spacial score (nSPS) is 15.3. The zero-order valence-corrected chi connectivity index (χ0v) is 8.84. The topological polar surface area (TPSA) is 62.5 Å². The molecule has 4 nitrogen and oxygen atoms in total. The molecule has 0 aliphatic carbocycles. The van der Waals surface area contributed by atoms with E-state index in [1.807, 2.05) is 6.08 Å². The molecule has 1 aliphatic rings. The zero-order valence-electron chi connectivity index (χ0n) is 8.03. The minimum Gasteiger partial charge on any atom is -0.475 e. The number of carboxylic acids is 1. The van der Waals surface area contributed by atoms with Crippen molar-refractivity contribution in [1.82, 2.24) is 5.32 Å². The van der Waals surface area contributed by atoms with Gasteiger partial charge in [0.2, 0.25) is 5.76 Å². The molecule has 0 radical (unpaired) electrons. The molecule has 0 bridgehead atoms. The Labute approximate surface area is 93.4 Å². The van der Waals surface area contributed by atoms with Crippen molar-refractivity contribution in [1.29, 1.82) is 0 Å². The molecule has 82 valence electrons. The standard InChI is InChI=1S/C10H11NO3.ClH/c12-10(13)9-8(3-6-14-9)7-1-4-11-5-2-7;/h1,3,6,11H,2,4-5H2,(H,12,13);1H. The van der Waals surface area contributed by atoms with Crippen molar-refractivity contribution < 1.29 is 14.3 Å². The summed E-state index contributed by atoms with van der Waals surface area (Å²) in [7, 11) is 0. The smallest absolute Gasteiger partial charge is 0.372 e. The number of carbonyl (C=O) groups is 1. The van der Waals surface area contributed by atoms with E-state index in [0.29, 0.717) is 5.56 Å². The minimum atomic E-state index is -1.01. The Morgan fingerprint density at radius 3 is 2.93 bits per heavy atom. The van der Waals surface area contributed by atoms with Gasteiger partial charge in [-0.3, -0.25) is 0 Å². The lowest BCUT2D eigenvalue weighted by molar-refractivity contribution is 0.0662. The average Bonchev–Trinajstić information content (AvgIpc) is 2.67. The van der Waals surface area contributed by atoms with Crippen molar-refractivity contribution in [2.24, 2.45) is 0 Å². The number of furan rings is 1. The van der Waals surface area contributed by atoms with Gasteiger partial charge in [-0.2, -0.15) is 0 Å². The number of nitrogens with one attached hydrogen (secondary N) is 1. The molecule has 0 unspecified atom stereocenters. The maximum atomic E-state index is 10.8. The molecule has 0 saturated carbocycles. The molecular weight excluding hydrogens is 218 g/mol. The summed E-state index contributed by atoms with van der Waals surface area (Å²) in [5.74, 6) is -0.970. The molecule has 1 aliphatic heterocycles. The second-order valence-electron chi connectivity index (χ2n) is 3.15. The highest BCUT2D eigenvalue weighted by Crippen LogP contribution is 2.24. The van der Waals surface area contributed by atoms with Gasteiger partial charge in [-0.05, 0) is 24.6 Å². The molecule has 0 amide bonds. The lowest BCUT2D eigenvalue weighted by atomic mass is 10.0. The van der Waals surface area contributed by atoms with E-state index in [0.717, 1.165) is 25.1 Å². The highest BCUT2D eigenvalue weighted by molar-refractivity contribution is 5.91. The Bertz CT molecular complexity index is 384. The molecule has 2 N–H and O–H groups in total. The summed E-state index contributed by atoms with van der Waals surface area (Å²) in [5, 5.41) is 12.0. The van der Waals surface area contributed by atoms with E-state index in [1.54, 1.807) is 6.07 Å². The van der Waals surface area contributed by atoms with Gasteiger partial charge >= 0.3 is 5.97 Å². The van der Waals surface area contributed by atoms with Crippen LogP contribution in [-0.2, 0) is 0 Å². The third kappa shape index (κ3) is 2.40. The van der Waals surface area contributed by atoms with Crippen LogP contribution >= 0.6 is 12.4 Å². The minimum absolute atomic E-state index is 0. The summed E-state index contributed by atoms with van der Waals surface area (Å²) in [6.45, 7) is 1.68. The number of rotatable bonds is 2. The lowest BCUT2D eigenvalue weighted by Crippen LogP contribution is -2.20. The lowest BCUT2D eigenvalue weighted by Gasteiger charge is -2.12. The van der Waals surface area contributed by atoms with Gasteiger partial charge in [0.05, 0.1) is 6.26 Å². The first-order valence-electron chi connectivity index (χ1n) is 4.50. The molecule has 1 aromatic heterocycles. The SMILES string of the molecule is Cl.O=C(O)c1occc1C1=CCNCC1. The van der Waals surface area contributed by atoms with E-state index < -0.39 is 5.97 Å². The highest BCUT2D eigenvalue weighted by atomic mass is 35.5. The van der Waals surface area contributed by atoms with Crippen LogP contribution < -0.4 is 5.32 Å². The Balaban J connectivity index is 0.00000112. The van der Waals surface area contributed by atoms with E-state index in [9.17, 15) is 4.79 Å². The summed E-state index contributed by atoms with van der Waals surface area (Å²) < 4.78 is 4.92. The van der Waals surface area contributed by atoms with Crippen LogP contribution in [0, 0.1) is 0 Å². The van der Waals surface area contributed by atoms with Crippen molar-refractivity contribution in [3.8, 4) is 0 Å². The maximum Gasteiger partial charge on any atom is 0.372 e. The summed E-state index contributed by atoms with van der Waals surface area (Å²) >= 11 is 0. The third-order valence-corrected chi connectivity index (χ3v) is 2.27. The van der Waals surface area contributed by atoms with E-state index in [4.69, 9.17) is 9.52 Å². The second kappa shape index (κ2) is 5.00. The van der Waals surface area contributed by atoms with Crippen LogP contribution in [0.3, 0.4) is 0 Å². The van der Waals surface area contributed by atoms with E-state index in [1.165, 1.54) is 6.26 Å². The molecule has 15 heavy (non-hydrogen) atoms. The zero-order chi connectivity index (χ0) is 9.97. The summed E-state index contributed by atoms with van der Waals surface area (Å²) in [4.78, 5) is 10.8. The third-order valence-electron chi connectivity index (χ3n) is 2.27. The van der Waals surface area contributed by atoms with Gasteiger partial charge < -0.3 is 14.8 Å². The van der Waals surface area contributed by atoms with Crippen molar-refractivity contribution >= 4 is 23.9 Å². The quantitative estimate of drug-likeness (QED) is 0.812. The van der Waals surface area contributed by atoms with Crippen molar-refractivity contribution in [3.05, 3.63) is 29.7 Å². The molecule has 0 atom stereocenters. The molecule has 0 spiro atoms. The molecular formula is C10H12ClNO3. The van der Waals surface area contributed by atoms with E-state index in [-0.39, 0.29) is 18.2 Å². The van der Waals surface area contributed by atoms with Gasteiger partial charge in [0, 0.05) is 12.1 Å². The first-order valence-corrected chi connectivity index (χ1v) is 4.50. The number of aromatic carboxylic acids is 1. The van der Waals surface area contributed by atoms with Crippen LogP contribution in [-0.4, -0.2) is 24.2 Å². The van der Waals surface area contributed by atoms with Crippen LogP contribution in [0.4, 0.5) is 0 Å². The van der Waals surface area contributed by atoms with Crippen LogP contribution in [0.5, 0.6) is 0 Å². The fourth-order valence-electron chi connectivity index (χ4n) is 1.59. The van der Waals surface area contributed by atoms with Gasteiger partial charge in [0.15, 0.2) is 0 Å². The van der Waals surface area contributed by atoms with Crippen molar-refractivity contribution in [3.63, 3.8) is 0 Å². The fraction of sp³-hybridized carbons (Fsp3) is 0.300. The van der Waals surface area contributed by atoms with Crippen molar-refractivity contribution in [2.75, 3.05) is 13.1 Å². The summed E-state index contributed by atoms with van der Waals surface area (Å²) in [6.07, 6.45) is 4.27. The van der Waals surface area contributed by atoms with Crippen LogP contribution in [0.2, 0.25) is 0 Å². The van der Waals surface area contributed by atoms with Gasteiger partial charge in [-0.25, -0.2) is 4.79 Å². The summed E-state index contributed by atoms with van der Waals surface area (Å²) in [6, 6.07) is 1.71. The van der Waals surface area contributed by atoms with Gasteiger partial charge in [-0.1, -0.05) is 6.08 Å². The van der Waals surface area contributed by atoms with E-state index in [2.05, 4.69) is 5.32 Å². The van der Waals surface area contributed by atoms with Crippen LogP contribution in [0.25, 0.3) is 5.57 Å². The predicted molar refractivity (Wildman–Crippen MR) is 58.4 cm³/mol. The molecule has 5 heteroatoms. The largest absolute Gasteiger partial charge is 0.475 e. The van der Waals surface area contributed by atoms with E-state index >= 15 is 0 Å². The maximum absolute atomic E-state index is 10.8. The average molecular weight is 230 g/mol. The Kier molecular flexibility index (Phi) is 3.94. The molecule has 0 aromatic carbocycles. The molecule has 2 rings (SSSR count). The Morgan fingerprint density at radius 1 is 1.53 bits per heavy atom. The van der Waals surface area contributed by atoms with Crippen LogP contribution in [0.1, 0.15) is 22.5 Å². The number of hydrogen-bond donors (Lipinski definition) is 2. The molecule has 1 aromatic rings. The van der Waals surface area contributed by atoms with Crippen LogP contribution in [0.15, 0.2) is 22.8 Å². The fourth-order valence-corrected chi connectivity index (χ4v) is 1.59. The number of carboxylic acid groups (broad SMARTS) is 1. The monoisotopic (exact) mass is 229 g/mol. The number of hydrogen-bond acceptors (Lipinski definition) is 3. The van der Waals surface area contributed by atoms with Crippen molar-refractivity contribution in [2.45, 2.75) is 6.42 Å². The highest BCUT2D eigenvalue weighted by Gasteiger charge is 2.17. The molecule has 0 fully saturated rings. The molecule has 2 heterocycles. The second-order valence-corrected chi connectivity index (χ2v) is 3.15. The Hall–Kier alpha value is -1.26. The van der Waals surface area contributed by atoms with Gasteiger partial charge in [-0.15, -0.1) is 12.4 Å².